The van der Waals surface area contributed by atoms with E-state index in [0.29, 0.717) is 6.54 Å². The molecule has 0 aliphatic heterocycles. The normalized spacial score (nSPS) is 17.9. The Kier molecular flexibility index (Phi) is 7.50. The summed E-state index contributed by atoms with van der Waals surface area (Å²) in [4.78, 5) is 5.39. The average Bonchev–Trinajstić information content (AvgIpc) is 3.12. The standard InChI is InChI=1S/C21H34N2O4/c1-20(2,3)22-13-17(24)14-27-23-15-21(10-6-7-11-21)16-8-9-18(25-4)19(12-16)26-5/h8-9,12,15,17,22,24H,6-7,10-11,13-14H2,1-5H3. The van der Waals surface area contributed by atoms with Crippen molar-refractivity contribution in [3.63, 3.8) is 0 Å². The molecule has 1 aliphatic carbocycles. The lowest BCUT2D eigenvalue weighted by Crippen LogP contribution is -2.42. The van der Waals surface area contributed by atoms with Crippen LogP contribution in [0.15, 0.2) is 23.4 Å². The number of aliphatic hydroxyl groups excluding tert-OH is 1. The van der Waals surface area contributed by atoms with Crippen LogP contribution in [0, 0.1) is 0 Å². The topological polar surface area (TPSA) is 72.3 Å². The van der Waals surface area contributed by atoms with Crippen molar-refractivity contribution in [1.29, 1.82) is 0 Å². The first-order chi connectivity index (χ1) is 12.8. The minimum atomic E-state index is -0.595. The molecule has 0 bridgehead atoms. The monoisotopic (exact) mass is 378 g/mol. The molecule has 1 aromatic carbocycles. The molecule has 1 saturated carbocycles. The highest BCUT2D eigenvalue weighted by Gasteiger charge is 2.35. The second-order valence-electron chi connectivity index (χ2n) is 8.25. The molecule has 6 heteroatoms. The molecule has 27 heavy (non-hydrogen) atoms. The zero-order valence-electron chi connectivity index (χ0n) is 17.2. The first kappa shape index (κ1) is 21.5. The van der Waals surface area contributed by atoms with E-state index in [4.69, 9.17) is 14.3 Å². The highest BCUT2D eigenvalue weighted by Crippen LogP contribution is 2.42. The average molecular weight is 379 g/mol. The largest absolute Gasteiger partial charge is 0.493 e. The van der Waals surface area contributed by atoms with Gasteiger partial charge in [0.2, 0.25) is 0 Å². The number of methoxy groups -OCH3 is 2. The van der Waals surface area contributed by atoms with Gasteiger partial charge in [0.25, 0.3) is 0 Å². The summed E-state index contributed by atoms with van der Waals surface area (Å²) in [6, 6.07) is 6.03. The maximum atomic E-state index is 10.0. The van der Waals surface area contributed by atoms with Crippen molar-refractivity contribution < 1.29 is 19.4 Å². The number of rotatable bonds is 9. The van der Waals surface area contributed by atoms with E-state index >= 15 is 0 Å². The van der Waals surface area contributed by atoms with Crippen LogP contribution in [0.25, 0.3) is 0 Å². The van der Waals surface area contributed by atoms with E-state index in [0.717, 1.165) is 42.7 Å². The smallest absolute Gasteiger partial charge is 0.161 e. The second kappa shape index (κ2) is 9.42. The summed E-state index contributed by atoms with van der Waals surface area (Å²) in [5.74, 6) is 1.44. The molecule has 0 heterocycles. The molecule has 1 unspecified atom stereocenters. The molecule has 0 saturated heterocycles. The van der Waals surface area contributed by atoms with Crippen molar-refractivity contribution in [3.05, 3.63) is 23.8 Å². The molecule has 1 fully saturated rings. The summed E-state index contributed by atoms with van der Waals surface area (Å²) in [5, 5.41) is 17.5. The molecule has 0 aromatic heterocycles. The van der Waals surface area contributed by atoms with Gasteiger partial charge >= 0.3 is 0 Å². The number of benzene rings is 1. The molecule has 0 radical (unpaired) electrons. The van der Waals surface area contributed by atoms with E-state index in [1.807, 2.05) is 18.3 Å². The Labute approximate surface area is 162 Å². The molecular weight excluding hydrogens is 344 g/mol. The highest BCUT2D eigenvalue weighted by atomic mass is 16.6. The van der Waals surface area contributed by atoms with E-state index in [1.165, 1.54) is 0 Å². The number of hydrogen-bond acceptors (Lipinski definition) is 6. The van der Waals surface area contributed by atoms with Gasteiger partial charge in [0.1, 0.15) is 12.7 Å². The van der Waals surface area contributed by atoms with Gasteiger partial charge in [0.05, 0.1) is 20.4 Å². The predicted octanol–water partition coefficient (Wildman–Crippen LogP) is 3.27. The van der Waals surface area contributed by atoms with Crippen LogP contribution in [0.5, 0.6) is 11.5 Å². The zero-order valence-corrected chi connectivity index (χ0v) is 17.2. The molecule has 6 nitrogen and oxygen atoms in total. The van der Waals surface area contributed by atoms with E-state index in [1.54, 1.807) is 14.2 Å². The van der Waals surface area contributed by atoms with Gasteiger partial charge in [-0.2, -0.15) is 0 Å². The third-order valence-electron chi connectivity index (χ3n) is 4.96. The number of oxime groups is 1. The number of hydrogen-bond donors (Lipinski definition) is 2. The highest BCUT2D eigenvalue weighted by molar-refractivity contribution is 5.74. The van der Waals surface area contributed by atoms with E-state index in [2.05, 4.69) is 37.3 Å². The fourth-order valence-corrected chi connectivity index (χ4v) is 3.39. The Hall–Kier alpha value is -1.79. The first-order valence-corrected chi connectivity index (χ1v) is 9.62. The summed E-state index contributed by atoms with van der Waals surface area (Å²) in [5.41, 5.74) is 0.958. The Morgan fingerprint density at radius 2 is 1.85 bits per heavy atom. The Bertz CT molecular complexity index is 619. The van der Waals surface area contributed by atoms with Gasteiger partial charge in [-0.1, -0.05) is 24.1 Å². The lowest BCUT2D eigenvalue weighted by Gasteiger charge is -2.25. The van der Waals surface area contributed by atoms with Gasteiger partial charge in [-0.3, -0.25) is 0 Å². The van der Waals surface area contributed by atoms with Gasteiger partial charge in [-0.25, -0.2) is 0 Å². The van der Waals surface area contributed by atoms with E-state index in [-0.39, 0.29) is 17.6 Å². The fourth-order valence-electron chi connectivity index (χ4n) is 3.39. The number of nitrogens with zero attached hydrogens (tertiary/aromatic N) is 1. The van der Waals surface area contributed by atoms with Gasteiger partial charge in [0, 0.05) is 17.5 Å². The first-order valence-electron chi connectivity index (χ1n) is 9.62. The molecule has 152 valence electrons. The molecule has 1 aromatic rings. The third kappa shape index (κ3) is 6.11. The molecule has 0 spiro atoms. The lowest BCUT2D eigenvalue weighted by molar-refractivity contribution is 0.0372. The predicted molar refractivity (Wildman–Crippen MR) is 108 cm³/mol. The van der Waals surface area contributed by atoms with Crippen LogP contribution >= 0.6 is 0 Å². The van der Waals surface area contributed by atoms with E-state index in [9.17, 15) is 5.11 Å². The second-order valence-corrected chi connectivity index (χ2v) is 8.25. The maximum absolute atomic E-state index is 10.0. The van der Waals surface area contributed by atoms with Crippen molar-refractivity contribution in [2.45, 2.75) is 63.5 Å². The number of β-amino-alcohol motifs (C(OH)–C–C–N with tert-alkyl or cyclic N) is 1. The number of ether oxygens (including phenoxy) is 2. The lowest BCUT2D eigenvalue weighted by atomic mass is 9.80. The van der Waals surface area contributed by atoms with Crippen LogP contribution in [0.2, 0.25) is 0 Å². The summed E-state index contributed by atoms with van der Waals surface area (Å²) < 4.78 is 10.8. The molecule has 1 atom stereocenters. The molecule has 2 rings (SSSR count). The van der Waals surface area contributed by atoms with E-state index < -0.39 is 6.10 Å². The Morgan fingerprint density at radius 1 is 1.19 bits per heavy atom. The molecular formula is C21H34N2O4. The van der Waals surface area contributed by atoms with Crippen molar-refractivity contribution in [2.75, 3.05) is 27.4 Å². The van der Waals surface area contributed by atoms with Crippen molar-refractivity contribution >= 4 is 6.21 Å². The molecule has 0 amide bonds. The van der Waals surface area contributed by atoms with Gasteiger partial charge in [0.15, 0.2) is 11.5 Å². The van der Waals surface area contributed by atoms with Crippen LogP contribution in [0.3, 0.4) is 0 Å². The van der Waals surface area contributed by atoms with Gasteiger partial charge < -0.3 is 24.7 Å². The minimum Gasteiger partial charge on any atom is -0.493 e. The number of nitrogens with one attached hydrogen (secondary N) is 1. The van der Waals surface area contributed by atoms with Crippen LogP contribution < -0.4 is 14.8 Å². The fraction of sp³-hybridized carbons (Fsp3) is 0.667. The molecule has 1 aliphatic rings. The summed E-state index contributed by atoms with van der Waals surface area (Å²) in [6.45, 7) is 6.82. The number of aliphatic hydroxyl groups is 1. The quantitative estimate of drug-likeness (QED) is 0.510. The van der Waals surface area contributed by atoms with Gasteiger partial charge in [-0.05, 0) is 51.3 Å². The molecule has 2 N–H and O–H groups in total. The summed E-state index contributed by atoms with van der Waals surface area (Å²) in [6.07, 6.45) is 5.64. The van der Waals surface area contributed by atoms with Crippen LogP contribution in [-0.2, 0) is 10.3 Å². The van der Waals surface area contributed by atoms with Crippen LogP contribution in [0.1, 0.15) is 52.0 Å². The minimum absolute atomic E-state index is 0.0361. The SMILES string of the molecule is COc1ccc(C2(C=NOCC(O)CNC(C)(C)C)CCCC2)cc1OC. The Morgan fingerprint density at radius 3 is 2.44 bits per heavy atom. The summed E-state index contributed by atoms with van der Waals surface area (Å²) >= 11 is 0. The summed E-state index contributed by atoms with van der Waals surface area (Å²) in [7, 11) is 3.28. The van der Waals surface area contributed by atoms with Crippen molar-refractivity contribution in [3.8, 4) is 11.5 Å². The van der Waals surface area contributed by atoms with Crippen molar-refractivity contribution in [1.82, 2.24) is 5.32 Å². The third-order valence-corrected chi connectivity index (χ3v) is 4.96. The van der Waals surface area contributed by atoms with Crippen LogP contribution in [-0.4, -0.2) is 50.3 Å². The van der Waals surface area contributed by atoms with Crippen molar-refractivity contribution in [2.24, 2.45) is 5.16 Å². The van der Waals surface area contributed by atoms with Crippen LogP contribution in [0.4, 0.5) is 0 Å². The Balaban J connectivity index is 2.01. The zero-order chi connectivity index (χ0) is 19.9. The van der Waals surface area contributed by atoms with Gasteiger partial charge in [-0.15, -0.1) is 0 Å². The maximum Gasteiger partial charge on any atom is 0.161 e.